The molecule has 0 aromatic heterocycles. The second-order valence-electron chi connectivity index (χ2n) is 8.33. The first kappa shape index (κ1) is 26.4. The molecule has 1 aliphatic rings. The minimum Gasteiger partial charge on any atom is -0.491 e. The Kier molecular flexibility index (Phi) is 8.58. The van der Waals surface area contributed by atoms with Gasteiger partial charge in [0, 0.05) is 26.7 Å². The summed E-state index contributed by atoms with van der Waals surface area (Å²) in [6.45, 7) is 1.40. The van der Waals surface area contributed by atoms with Gasteiger partial charge in [-0.15, -0.1) is 0 Å². The van der Waals surface area contributed by atoms with Crippen LogP contribution in [0.25, 0.3) is 0 Å². The van der Waals surface area contributed by atoms with Crippen LogP contribution >= 0.6 is 0 Å². The highest BCUT2D eigenvalue weighted by Gasteiger charge is 2.33. The van der Waals surface area contributed by atoms with Crippen molar-refractivity contribution >= 4 is 10.0 Å². The fourth-order valence-electron chi connectivity index (χ4n) is 3.90. The maximum Gasteiger partial charge on any atom is 0.416 e. The number of hydrogen-bond acceptors (Lipinski definition) is 6. The van der Waals surface area contributed by atoms with E-state index < -0.39 is 39.7 Å². The molecule has 0 saturated carbocycles. The fourth-order valence-corrected chi connectivity index (χ4v) is 5.29. The average Bonchev–Trinajstić information content (AvgIpc) is 3.20. The van der Waals surface area contributed by atoms with Crippen LogP contribution in [0.1, 0.15) is 29.2 Å². The van der Waals surface area contributed by atoms with Crippen molar-refractivity contribution in [2.45, 2.75) is 30.5 Å². The summed E-state index contributed by atoms with van der Waals surface area (Å²) >= 11 is 0. The lowest BCUT2D eigenvalue weighted by Gasteiger charge is -2.31. The molecule has 11 heteroatoms. The molecule has 0 radical (unpaired) electrons. The van der Waals surface area contributed by atoms with E-state index in [1.54, 1.807) is 24.3 Å². The number of rotatable bonds is 10. The van der Waals surface area contributed by atoms with Crippen LogP contribution in [0, 0.1) is 0 Å². The average molecular weight is 503 g/mol. The van der Waals surface area contributed by atoms with E-state index in [0.717, 1.165) is 12.1 Å². The quantitative estimate of drug-likeness (QED) is 0.519. The van der Waals surface area contributed by atoms with Gasteiger partial charge < -0.3 is 14.9 Å². The standard InChI is InChI=1S/C23H29F3N2O5S/c1-27(34(31,32)16-17-2-6-19(7-3-17)23(24,25)26)22(15-28-11-10-20(30)14-28)18-4-8-21(9-5-18)33-13-12-29/h2-9,20,22,29-30H,10-16H2,1H3/t20-,22?/m0/s1. The summed E-state index contributed by atoms with van der Waals surface area (Å²) in [6, 6.07) is 10.4. The van der Waals surface area contributed by atoms with Crippen molar-refractivity contribution in [2.24, 2.45) is 0 Å². The fraction of sp³-hybridized carbons (Fsp3) is 0.478. The first-order valence-corrected chi connectivity index (χ1v) is 12.5. The first-order chi connectivity index (χ1) is 16.0. The number of likely N-dealkylation sites (N-methyl/N-ethyl adjacent to an activating group) is 1. The van der Waals surface area contributed by atoms with Gasteiger partial charge in [-0.1, -0.05) is 24.3 Å². The molecule has 0 spiro atoms. The number of β-amino-alcohol motifs (C(OH)–C–C–N with tert-alkyl or cyclic N) is 1. The third-order valence-corrected chi connectivity index (χ3v) is 7.64. The van der Waals surface area contributed by atoms with E-state index in [1.807, 2.05) is 4.90 Å². The Morgan fingerprint density at radius 3 is 2.32 bits per heavy atom. The first-order valence-electron chi connectivity index (χ1n) is 10.9. The van der Waals surface area contributed by atoms with Gasteiger partial charge in [-0.3, -0.25) is 4.90 Å². The second kappa shape index (κ2) is 11.0. The molecule has 1 fully saturated rings. The van der Waals surface area contributed by atoms with Crippen LogP contribution in [0.15, 0.2) is 48.5 Å². The number of alkyl halides is 3. The van der Waals surface area contributed by atoms with Crippen molar-refractivity contribution in [2.75, 3.05) is 39.9 Å². The van der Waals surface area contributed by atoms with E-state index in [-0.39, 0.29) is 18.8 Å². The molecule has 7 nitrogen and oxygen atoms in total. The van der Waals surface area contributed by atoms with Gasteiger partial charge in [0.1, 0.15) is 12.4 Å². The zero-order valence-corrected chi connectivity index (χ0v) is 19.6. The highest BCUT2D eigenvalue weighted by molar-refractivity contribution is 7.88. The van der Waals surface area contributed by atoms with Crippen LogP contribution in [0.2, 0.25) is 0 Å². The number of sulfonamides is 1. The number of likely N-dealkylation sites (tertiary alicyclic amines) is 1. The van der Waals surface area contributed by atoms with Gasteiger partial charge in [0.2, 0.25) is 10.0 Å². The van der Waals surface area contributed by atoms with Crippen LogP contribution in [0.5, 0.6) is 5.75 Å². The molecular weight excluding hydrogens is 473 g/mol. The van der Waals surface area contributed by atoms with E-state index in [4.69, 9.17) is 9.84 Å². The van der Waals surface area contributed by atoms with Crippen LogP contribution in [0.3, 0.4) is 0 Å². The molecule has 188 valence electrons. The Labute approximate surface area is 197 Å². The number of halogens is 3. The Bertz CT molecular complexity index is 1030. The van der Waals surface area contributed by atoms with Crippen LogP contribution in [-0.2, 0) is 22.0 Å². The summed E-state index contributed by atoms with van der Waals surface area (Å²) in [4.78, 5) is 1.98. The Hall–Kier alpha value is -2.18. The van der Waals surface area contributed by atoms with Gasteiger partial charge in [-0.05, 0) is 41.8 Å². The molecule has 0 amide bonds. The molecular formula is C23H29F3N2O5S. The Balaban J connectivity index is 1.82. The molecule has 2 aromatic rings. The van der Waals surface area contributed by atoms with E-state index in [1.165, 1.54) is 23.5 Å². The number of hydrogen-bond donors (Lipinski definition) is 2. The van der Waals surface area contributed by atoms with E-state index in [0.29, 0.717) is 37.4 Å². The zero-order valence-electron chi connectivity index (χ0n) is 18.8. The zero-order chi connectivity index (χ0) is 24.9. The topological polar surface area (TPSA) is 90.3 Å². The SMILES string of the molecule is CN(C(CN1CC[C@H](O)C1)c1ccc(OCCO)cc1)S(=O)(=O)Cc1ccc(C(F)(F)F)cc1. The smallest absolute Gasteiger partial charge is 0.416 e. The molecule has 2 N–H and O–H groups in total. The maximum atomic E-state index is 13.2. The molecule has 34 heavy (non-hydrogen) atoms. The van der Waals surface area contributed by atoms with E-state index >= 15 is 0 Å². The molecule has 2 aromatic carbocycles. The highest BCUT2D eigenvalue weighted by atomic mass is 32.2. The molecule has 0 bridgehead atoms. The van der Waals surface area contributed by atoms with E-state index in [9.17, 15) is 26.7 Å². The third kappa shape index (κ3) is 6.92. The predicted molar refractivity (Wildman–Crippen MR) is 121 cm³/mol. The highest BCUT2D eigenvalue weighted by Crippen LogP contribution is 2.31. The van der Waals surface area contributed by atoms with Gasteiger partial charge in [-0.25, -0.2) is 8.42 Å². The molecule has 3 rings (SSSR count). The minimum atomic E-state index is -4.49. The van der Waals surface area contributed by atoms with Gasteiger partial charge >= 0.3 is 6.18 Å². The van der Waals surface area contributed by atoms with Crippen LogP contribution < -0.4 is 4.74 Å². The Morgan fingerprint density at radius 1 is 1.15 bits per heavy atom. The molecule has 1 saturated heterocycles. The summed E-state index contributed by atoms with van der Waals surface area (Å²) < 4.78 is 71.5. The van der Waals surface area contributed by atoms with Crippen molar-refractivity contribution in [3.8, 4) is 5.75 Å². The van der Waals surface area contributed by atoms with Crippen LogP contribution in [0.4, 0.5) is 13.2 Å². The second-order valence-corrected chi connectivity index (χ2v) is 10.4. The maximum absolute atomic E-state index is 13.2. The molecule has 2 atom stereocenters. The Morgan fingerprint density at radius 2 is 1.79 bits per heavy atom. The van der Waals surface area contributed by atoms with Crippen molar-refractivity contribution in [1.82, 2.24) is 9.21 Å². The summed E-state index contributed by atoms with van der Waals surface area (Å²) in [5.41, 5.74) is 0.121. The molecule has 1 heterocycles. The van der Waals surface area contributed by atoms with Gasteiger partial charge in [0.05, 0.1) is 30.1 Å². The number of ether oxygens (including phenoxy) is 1. The third-order valence-electron chi connectivity index (χ3n) is 5.81. The number of nitrogens with zero attached hydrogens (tertiary/aromatic N) is 2. The largest absolute Gasteiger partial charge is 0.491 e. The lowest BCUT2D eigenvalue weighted by molar-refractivity contribution is -0.137. The number of benzene rings is 2. The van der Waals surface area contributed by atoms with E-state index in [2.05, 4.69) is 0 Å². The number of aliphatic hydroxyl groups excluding tert-OH is 2. The summed E-state index contributed by atoms with van der Waals surface area (Å²) in [6.07, 6.45) is -4.36. The van der Waals surface area contributed by atoms with Crippen molar-refractivity contribution in [1.29, 1.82) is 0 Å². The lowest BCUT2D eigenvalue weighted by atomic mass is 10.1. The molecule has 0 aliphatic carbocycles. The van der Waals surface area contributed by atoms with Crippen LogP contribution in [-0.4, -0.2) is 73.8 Å². The number of aliphatic hydroxyl groups is 2. The monoisotopic (exact) mass is 502 g/mol. The van der Waals surface area contributed by atoms with Crippen molar-refractivity contribution in [3.63, 3.8) is 0 Å². The normalized spacial score (nSPS) is 18.4. The van der Waals surface area contributed by atoms with Crippen molar-refractivity contribution in [3.05, 3.63) is 65.2 Å². The van der Waals surface area contributed by atoms with Crippen molar-refractivity contribution < 1.29 is 36.5 Å². The van der Waals surface area contributed by atoms with Gasteiger partial charge in [0.25, 0.3) is 0 Å². The van der Waals surface area contributed by atoms with Gasteiger partial charge in [0.15, 0.2) is 0 Å². The molecule has 1 unspecified atom stereocenters. The predicted octanol–water partition coefficient (Wildman–Crippen LogP) is 2.65. The minimum absolute atomic E-state index is 0.132. The summed E-state index contributed by atoms with van der Waals surface area (Å²) in [7, 11) is -2.44. The van der Waals surface area contributed by atoms with Gasteiger partial charge in [-0.2, -0.15) is 17.5 Å². The summed E-state index contributed by atoms with van der Waals surface area (Å²) in [5.74, 6) is 0.0850. The summed E-state index contributed by atoms with van der Waals surface area (Å²) in [5, 5.41) is 18.8. The lowest BCUT2D eigenvalue weighted by Crippen LogP contribution is -2.39. The molecule has 1 aliphatic heterocycles.